The number of rotatable bonds is 2. The predicted molar refractivity (Wildman–Crippen MR) is 53.6 cm³/mol. The summed E-state index contributed by atoms with van der Waals surface area (Å²) in [5, 5.41) is 0. The summed E-state index contributed by atoms with van der Waals surface area (Å²) in [6.07, 6.45) is 2.77. The van der Waals surface area contributed by atoms with Gasteiger partial charge in [-0.25, -0.2) is 0 Å². The Morgan fingerprint density at radius 2 is 2.17 bits per heavy atom. The minimum atomic E-state index is 0. The van der Waals surface area contributed by atoms with Crippen LogP contribution >= 0.6 is 12.4 Å². The van der Waals surface area contributed by atoms with Crippen molar-refractivity contribution in [2.45, 2.75) is 32.8 Å². The molecule has 0 spiro atoms. The van der Waals surface area contributed by atoms with E-state index >= 15 is 0 Å². The first-order valence-corrected chi connectivity index (χ1v) is 4.55. The summed E-state index contributed by atoms with van der Waals surface area (Å²) in [5.41, 5.74) is 5.61. The fraction of sp³-hybridized carbons (Fsp3) is 1.00. The Morgan fingerprint density at radius 1 is 1.50 bits per heavy atom. The van der Waals surface area contributed by atoms with Gasteiger partial charge < -0.3 is 10.5 Å². The third-order valence-electron chi connectivity index (χ3n) is 2.50. The van der Waals surface area contributed by atoms with E-state index in [0.717, 1.165) is 26.0 Å². The van der Waals surface area contributed by atoms with Gasteiger partial charge in [0.15, 0.2) is 0 Å². The van der Waals surface area contributed by atoms with Crippen molar-refractivity contribution in [2.75, 3.05) is 13.2 Å². The molecule has 1 heterocycles. The van der Waals surface area contributed by atoms with E-state index in [2.05, 4.69) is 13.8 Å². The number of nitrogens with two attached hydrogens (primary N) is 1. The molecule has 1 aliphatic heterocycles. The van der Waals surface area contributed by atoms with Gasteiger partial charge in [0.2, 0.25) is 0 Å². The van der Waals surface area contributed by atoms with Crippen molar-refractivity contribution in [1.82, 2.24) is 0 Å². The maximum Gasteiger partial charge on any atom is 0.0601 e. The first-order chi connectivity index (χ1) is 5.24. The molecule has 0 radical (unpaired) electrons. The van der Waals surface area contributed by atoms with Gasteiger partial charge in [0.05, 0.1) is 6.10 Å². The van der Waals surface area contributed by atoms with Crippen LogP contribution in [0, 0.1) is 11.8 Å². The zero-order valence-electron chi connectivity index (χ0n) is 7.95. The van der Waals surface area contributed by atoms with Gasteiger partial charge in [-0.3, -0.25) is 0 Å². The SMILES string of the molecule is CC(C)C1CC(CN)CCO1.Cl. The molecule has 1 rings (SSSR count). The zero-order chi connectivity index (χ0) is 8.27. The van der Waals surface area contributed by atoms with Crippen LogP contribution in [0.15, 0.2) is 0 Å². The summed E-state index contributed by atoms with van der Waals surface area (Å²) in [6.45, 7) is 6.16. The molecule has 74 valence electrons. The van der Waals surface area contributed by atoms with Crippen LogP contribution in [0.3, 0.4) is 0 Å². The van der Waals surface area contributed by atoms with Crippen LogP contribution in [0.25, 0.3) is 0 Å². The standard InChI is InChI=1S/C9H19NO.ClH/c1-7(2)9-5-8(6-10)3-4-11-9;/h7-9H,3-6,10H2,1-2H3;1H. The molecule has 1 fully saturated rings. The fourth-order valence-electron chi connectivity index (χ4n) is 1.58. The van der Waals surface area contributed by atoms with Crippen LogP contribution in [0.2, 0.25) is 0 Å². The molecular weight excluding hydrogens is 174 g/mol. The van der Waals surface area contributed by atoms with E-state index in [0.29, 0.717) is 17.9 Å². The molecule has 2 unspecified atom stereocenters. The number of halogens is 1. The summed E-state index contributed by atoms with van der Waals surface area (Å²) in [7, 11) is 0. The van der Waals surface area contributed by atoms with Crippen molar-refractivity contribution in [3.63, 3.8) is 0 Å². The monoisotopic (exact) mass is 193 g/mol. The maximum absolute atomic E-state index is 5.62. The molecule has 0 amide bonds. The minimum Gasteiger partial charge on any atom is -0.378 e. The highest BCUT2D eigenvalue weighted by Gasteiger charge is 2.23. The van der Waals surface area contributed by atoms with E-state index < -0.39 is 0 Å². The molecule has 0 aromatic carbocycles. The van der Waals surface area contributed by atoms with E-state index in [1.807, 2.05) is 0 Å². The quantitative estimate of drug-likeness (QED) is 0.726. The number of hydrogen-bond donors (Lipinski definition) is 1. The Bertz CT molecular complexity index is 119. The van der Waals surface area contributed by atoms with Crippen LogP contribution < -0.4 is 5.73 Å². The Morgan fingerprint density at radius 3 is 2.67 bits per heavy atom. The average Bonchev–Trinajstić information content (AvgIpc) is 2.05. The first kappa shape index (κ1) is 12.2. The minimum absolute atomic E-state index is 0. The zero-order valence-corrected chi connectivity index (χ0v) is 8.77. The number of ether oxygens (including phenoxy) is 1. The highest BCUT2D eigenvalue weighted by Crippen LogP contribution is 2.23. The van der Waals surface area contributed by atoms with Gasteiger partial charge in [-0.2, -0.15) is 0 Å². The van der Waals surface area contributed by atoms with Gasteiger partial charge in [0.25, 0.3) is 0 Å². The lowest BCUT2D eigenvalue weighted by Gasteiger charge is -2.31. The highest BCUT2D eigenvalue weighted by atomic mass is 35.5. The van der Waals surface area contributed by atoms with Gasteiger partial charge in [0.1, 0.15) is 0 Å². The van der Waals surface area contributed by atoms with Crippen LogP contribution in [0.5, 0.6) is 0 Å². The highest BCUT2D eigenvalue weighted by molar-refractivity contribution is 5.85. The summed E-state index contributed by atoms with van der Waals surface area (Å²) in [5.74, 6) is 1.35. The molecule has 3 heteroatoms. The van der Waals surface area contributed by atoms with Crippen LogP contribution in [0.4, 0.5) is 0 Å². The second-order valence-corrected chi connectivity index (χ2v) is 3.78. The van der Waals surface area contributed by atoms with Gasteiger partial charge in [0, 0.05) is 6.61 Å². The lowest BCUT2D eigenvalue weighted by Crippen LogP contribution is -2.32. The van der Waals surface area contributed by atoms with Crippen molar-refractivity contribution < 1.29 is 4.74 Å². The van der Waals surface area contributed by atoms with Crippen molar-refractivity contribution in [3.05, 3.63) is 0 Å². The first-order valence-electron chi connectivity index (χ1n) is 4.55. The fourth-order valence-corrected chi connectivity index (χ4v) is 1.58. The van der Waals surface area contributed by atoms with Crippen molar-refractivity contribution >= 4 is 12.4 Å². The van der Waals surface area contributed by atoms with Gasteiger partial charge in [-0.1, -0.05) is 13.8 Å². The van der Waals surface area contributed by atoms with E-state index in [1.54, 1.807) is 0 Å². The molecule has 0 aromatic heterocycles. The predicted octanol–water partition coefficient (Wildman–Crippen LogP) is 1.82. The second kappa shape index (κ2) is 5.79. The molecule has 2 nitrogen and oxygen atoms in total. The van der Waals surface area contributed by atoms with Crippen LogP contribution in [0.1, 0.15) is 26.7 Å². The lowest BCUT2D eigenvalue weighted by atomic mass is 9.90. The van der Waals surface area contributed by atoms with Crippen molar-refractivity contribution in [3.8, 4) is 0 Å². The molecule has 0 aliphatic carbocycles. The summed E-state index contributed by atoms with van der Waals surface area (Å²) < 4.78 is 5.62. The smallest absolute Gasteiger partial charge is 0.0601 e. The molecule has 1 saturated heterocycles. The van der Waals surface area contributed by atoms with Crippen molar-refractivity contribution in [2.24, 2.45) is 17.6 Å². The molecule has 0 aromatic rings. The van der Waals surface area contributed by atoms with E-state index in [-0.39, 0.29) is 12.4 Å². The molecule has 12 heavy (non-hydrogen) atoms. The largest absolute Gasteiger partial charge is 0.378 e. The Hall–Kier alpha value is 0.210. The molecular formula is C9H20ClNO. The maximum atomic E-state index is 5.62. The lowest BCUT2D eigenvalue weighted by molar-refractivity contribution is -0.0321. The Labute approximate surface area is 81.3 Å². The molecule has 0 bridgehead atoms. The number of hydrogen-bond acceptors (Lipinski definition) is 2. The summed E-state index contributed by atoms with van der Waals surface area (Å²) in [6, 6.07) is 0. The van der Waals surface area contributed by atoms with Gasteiger partial charge in [-0.05, 0) is 31.2 Å². The molecule has 2 N–H and O–H groups in total. The normalized spacial score (nSPS) is 30.0. The second-order valence-electron chi connectivity index (χ2n) is 3.78. The van der Waals surface area contributed by atoms with E-state index in [1.165, 1.54) is 0 Å². The van der Waals surface area contributed by atoms with Crippen LogP contribution in [-0.2, 0) is 4.74 Å². The molecule has 2 atom stereocenters. The third-order valence-corrected chi connectivity index (χ3v) is 2.50. The topological polar surface area (TPSA) is 35.2 Å². The summed E-state index contributed by atoms with van der Waals surface area (Å²) >= 11 is 0. The summed E-state index contributed by atoms with van der Waals surface area (Å²) in [4.78, 5) is 0. The Kier molecular flexibility index (Phi) is 5.89. The van der Waals surface area contributed by atoms with Crippen molar-refractivity contribution in [1.29, 1.82) is 0 Å². The van der Waals surface area contributed by atoms with Crippen LogP contribution in [-0.4, -0.2) is 19.3 Å². The molecule has 0 saturated carbocycles. The van der Waals surface area contributed by atoms with Gasteiger partial charge >= 0.3 is 0 Å². The average molecular weight is 194 g/mol. The van der Waals surface area contributed by atoms with Gasteiger partial charge in [-0.15, -0.1) is 12.4 Å². The van der Waals surface area contributed by atoms with E-state index in [4.69, 9.17) is 10.5 Å². The molecule has 1 aliphatic rings. The third kappa shape index (κ3) is 3.30. The van der Waals surface area contributed by atoms with E-state index in [9.17, 15) is 0 Å². The Balaban J connectivity index is 0.00000121.